The fraction of sp³-hybridized carbons (Fsp3) is 0.250. The predicted octanol–water partition coefficient (Wildman–Crippen LogP) is 4.16. The van der Waals surface area contributed by atoms with Crippen molar-refractivity contribution in [2.75, 3.05) is 5.01 Å². The topological polar surface area (TPSA) is 81.9 Å². The highest BCUT2D eigenvalue weighted by Crippen LogP contribution is 2.40. The lowest BCUT2D eigenvalue weighted by Gasteiger charge is -2.27. The van der Waals surface area contributed by atoms with Crippen LogP contribution in [0, 0.1) is 11.3 Å². The lowest BCUT2D eigenvalue weighted by Crippen LogP contribution is -2.42. The molecule has 6 heteroatoms. The number of nitrogens with zero attached hydrogens (tertiary/aromatic N) is 4. The number of anilines is 1. The first-order chi connectivity index (χ1) is 14.7. The molecule has 0 radical (unpaired) electrons. The molecule has 1 amide bonds. The number of benzene rings is 1. The fourth-order valence-corrected chi connectivity index (χ4v) is 3.95. The number of hydrogen-bond acceptors (Lipinski definition) is 5. The summed E-state index contributed by atoms with van der Waals surface area (Å²) in [5.41, 5.74) is 6.00. The Morgan fingerprint density at radius 3 is 2.40 bits per heavy atom. The van der Waals surface area contributed by atoms with E-state index in [2.05, 4.69) is 21.5 Å². The van der Waals surface area contributed by atoms with Crippen LogP contribution in [0.2, 0.25) is 0 Å². The van der Waals surface area contributed by atoms with E-state index in [1.165, 1.54) is 0 Å². The smallest absolute Gasteiger partial charge is 0.271 e. The summed E-state index contributed by atoms with van der Waals surface area (Å²) in [6.45, 7) is 0.483. The van der Waals surface area contributed by atoms with Crippen molar-refractivity contribution in [2.24, 2.45) is 0 Å². The third-order valence-electron chi connectivity index (χ3n) is 5.65. The van der Waals surface area contributed by atoms with Crippen LogP contribution in [0.15, 0.2) is 73.3 Å². The molecule has 2 aromatic heterocycles. The molecule has 0 bridgehead atoms. The molecule has 3 aromatic rings. The first kappa shape index (κ1) is 19.6. The van der Waals surface area contributed by atoms with Crippen molar-refractivity contribution < 1.29 is 4.79 Å². The van der Waals surface area contributed by atoms with E-state index in [9.17, 15) is 10.1 Å². The van der Waals surface area contributed by atoms with Gasteiger partial charge in [-0.25, -0.2) is 0 Å². The van der Waals surface area contributed by atoms with Gasteiger partial charge in [-0.1, -0.05) is 25.0 Å². The second kappa shape index (κ2) is 8.75. The molecule has 150 valence electrons. The summed E-state index contributed by atoms with van der Waals surface area (Å²) in [6, 6.07) is 17.8. The highest BCUT2D eigenvalue weighted by Gasteiger charge is 2.35. The minimum atomic E-state index is -0.382. The molecule has 1 aliphatic carbocycles. The van der Waals surface area contributed by atoms with Crippen LogP contribution in [-0.2, 0) is 12.0 Å². The Bertz CT molecular complexity index is 1020. The molecule has 4 rings (SSSR count). The van der Waals surface area contributed by atoms with Gasteiger partial charge in [0.25, 0.3) is 5.91 Å². The maximum absolute atomic E-state index is 12.7. The van der Waals surface area contributed by atoms with Crippen LogP contribution in [0.3, 0.4) is 0 Å². The Hall–Kier alpha value is -3.72. The van der Waals surface area contributed by atoms with Crippen LogP contribution < -0.4 is 10.4 Å². The van der Waals surface area contributed by atoms with Crippen LogP contribution in [0.1, 0.15) is 47.2 Å². The van der Waals surface area contributed by atoms with Gasteiger partial charge in [-0.05, 0) is 60.4 Å². The third kappa shape index (κ3) is 4.15. The van der Waals surface area contributed by atoms with Gasteiger partial charge in [0.2, 0.25) is 0 Å². The summed E-state index contributed by atoms with van der Waals surface area (Å²) in [6.07, 6.45) is 10.6. The minimum absolute atomic E-state index is 0.231. The molecule has 6 nitrogen and oxygen atoms in total. The number of carbonyl (C=O) groups is 1. The molecule has 30 heavy (non-hydrogen) atoms. The average molecular weight is 397 g/mol. The Morgan fingerprint density at radius 2 is 1.77 bits per heavy atom. The van der Waals surface area contributed by atoms with E-state index in [1.807, 2.05) is 41.4 Å². The van der Waals surface area contributed by atoms with E-state index in [1.54, 1.807) is 36.9 Å². The van der Waals surface area contributed by atoms with Crippen molar-refractivity contribution in [3.63, 3.8) is 0 Å². The van der Waals surface area contributed by atoms with Gasteiger partial charge >= 0.3 is 0 Å². The lowest BCUT2D eigenvalue weighted by molar-refractivity contribution is 0.0948. The first-order valence-corrected chi connectivity index (χ1v) is 10.1. The maximum Gasteiger partial charge on any atom is 0.271 e. The standard InChI is InChI=1S/C24H23N5O/c25-18-24(11-1-2-12-24)21-5-7-22(8-6-21)29(17-19-9-14-26-15-10-19)28-23(30)20-4-3-13-27-16-20/h3-10,13-16H,1-2,11-12,17H2,(H,28,30). The number of amides is 1. The molecule has 0 aliphatic heterocycles. The highest BCUT2D eigenvalue weighted by molar-refractivity contribution is 5.94. The number of hydrazine groups is 1. The lowest BCUT2D eigenvalue weighted by atomic mass is 9.80. The number of rotatable bonds is 6. The van der Waals surface area contributed by atoms with E-state index in [-0.39, 0.29) is 11.3 Å². The summed E-state index contributed by atoms with van der Waals surface area (Å²) in [4.78, 5) is 20.8. The molecule has 0 unspecified atom stereocenters. The Morgan fingerprint density at radius 1 is 1.03 bits per heavy atom. The van der Waals surface area contributed by atoms with Crippen LogP contribution in [0.4, 0.5) is 5.69 Å². The summed E-state index contributed by atoms with van der Waals surface area (Å²) in [5, 5.41) is 11.6. The average Bonchev–Trinajstić information content (AvgIpc) is 3.30. The molecule has 1 fully saturated rings. The van der Waals surface area contributed by atoms with E-state index in [0.29, 0.717) is 12.1 Å². The molecule has 1 aromatic carbocycles. The van der Waals surface area contributed by atoms with Gasteiger partial charge in [-0.2, -0.15) is 5.26 Å². The Balaban J connectivity index is 1.60. The molecule has 0 atom stereocenters. The normalized spacial score (nSPS) is 14.6. The SMILES string of the molecule is N#CC1(c2ccc(N(Cc3ccncc3)NC(=O)c3cccnc3)cc2)CCCC1. The minimum Gasteiger partial charge on any atom is -0.281 e. The van der Waals surface area contributed by atoms with Gasteiger partial charge in [-0.15, -0.1) is 0 Å². The number of nitriles is 1. The monoisotopic (exact) mass is 397 g/mol. The van der Waals surface area contributed by atoms with E-state index >= 15 is 0 Å². The zero-order valence-electron chi connectivity index (χ0n) is 16.7. The molecule has 1 saturated carbocycles. The quantitative estimate of drug-likeness (QED) is 0.632. The molecule has 0 saturated heterocycles. The number of nitrogens with one attached hydrogen (secondary N) is 1. The molecule has 1 N–H and O–H groups in total. The van der Waals surface area contributed by atoms with Crippen LogP contribution >= 0.6 is 0 Å². The maximum atomic E-state index is 12.7. The summed E-state index contributed by atoms with van der Waals surface area (Å²) >= 11 is 0. The highest BCUT2D eigenvalue weighted by atomic mass is 16.2. The predicted molar refractivity (Wildman–Crippen MR) is 114 cm³/mol. The second-order valence-corrected chi connectivity index (χ2v) is 7.57. The van der Waals surface area contributed by atoms with Crippen LogP contribution in [0.5, 0.6) is 0 Å². The Labute approximate surface area is 176 Å². The Kier molecular flexibility index (Phi) is 5.71. The number of hydrogen-bond donors (Lipinski definition) is 1. The molecule has 2 heterocycles. The zero-order valence-corrected chi connectivity index (χ0v) is 16.7. The summed E-state index contributed by atoms with van der Waals surface area (Å²) in [5.74, 6) is -0.231. The van der Waals surface area contributed by atoms with Crippen LogP contribution in [-0.4, -0.2) is 15.9 Å². The summed E-state index contributed by atoms with van der Waals surface area (Å²) in [7, 11) is 0. The van der Waals surface area contributed by atoms with E-state index in [0.717, 1.165) is 42.5 Å². The zero-order chi connectivity index (χ0) is 20.8. The van der Waals surface area contributed by atoms with Crippen molar-refractivity contribution >= 4 is 11.6 Å². The number of aromatic nitrogens is 2. The van der Waals surface area contributed by atoms with Crippen molar-refractivity contribution in [2.45, 2.75) is 37.6 Å². The molecular formula is C24H23N5O. The van der Waals surface area contributed by atoms with Crippen LogP contribution in [0.25, 0.3) is 0 Å². The van der Waals surface area contributed by atoms with Crippen molar-refractivity contribution in [3.8, 4) is 6.07 Å². The van der Waals surface area contributed by atoms with Gasteiger partial charge in [-0.3, -0.25) is 25.2 Å². The summed E-state index contributed by atoms with van der Waals surface area (Å²) < 4.78 is 0. The first-order valence-electron chi connectivity index (χ1n) is 10.1. The largest absolute Gasteiger partial charge is 0.281 e. The fourth-order valence-electron chi connectivity index (χ4n) is 3.95. The second-order valence-electron chi connectivity index (χ2n) is 7.57. The molecule has 1 aliphatic rings. The third-order valence-corrected chi connectivity index (χ3v) is 5.65. The van der Waals surface area contributed by atoms with Gasteiger partial charge in [0.15, 0.2) is 0 Å². The van der Waals surface area contributed by atoms with E-state index < -0.39 is 0 Å². The van der Waals surface area contributed by atoms with Crippen molar-refractivity contribution in [1.82, 2.24) is 15.4 Å². The van der Waals surface area contributed by atoms with Gasteiger partial charge < -0.3 is 0 Å². The number of carbonyl (C=O) groups excluding carboxylic acids is 1. The number of pyridine rings is 2. The van der Waals surface area contributed by atoms with E-state index in [4.69, 9.17) is 0 Å². The van der Waals surface area contributed by atoms with Gasteiger partial charge in [0, 0.05) is 24.8 Å². The van der Waals surface area contributed by atoms with Crippen molar-refractivity contribution in [1.29, 1.82) is 5.26 Å². The molecule has 0 spiro atoms. The van der Waals surface area contributed by atoms with Gasteiger partial charge in [0.05, 0.1) is 29.3 Å². The van der Waals surface area contributed by atoms with Gasteiger partial charge in [0.1, 0.15) is 0 Å². The van der Waals surface area contributed by atoms with Crippen molar-refractivity contribution in [3.05, 3.63) is 90.0 Å². The molecular weight excluding hydrogens is 374 g/mol.